The van der Waals surface area contributed by atoms with Gasteiger partial charge in [-0.25, -0.2) is 0 Å². The van der Waals surface area contributed by atoms with Crippen LogP contribution in [0.5, 0.6) is 0 Å². The number of hydrogen-bond acceptors (Lipinski definition) is 4. The van der Waals surface area contributed by atoms with Gasteiger partial charge >= 0.3 is 0 Å². The highest BCUT2D eigenvalue weighted by atomic mass is 35.5. The molecule has 1 saturated heterocycles. The van der Waals surface area contributed by atoms with Crippen molar-refractivity contribution in [3.63, 3.8) is 0 Å². The second-order valence-corrected chi connectivity index (χ2v) is 5.66. The Morgan fingerprint density at radius 3 is 2.55 bits per heavy atom. The molecule has 1 heterocycles. The third-order valence-electron chi connectivity index (χ3n) is 3.47. The lowest BCUT2D eigenvalue weighted by molar-refractivity contribution is -0.121. The van der Waals surface area contributed by atoms with Crippen LogP contribution in [-0.2, 0) is 4.79 Å². The molecule has 20 heavy (non-hydrogen) atoms. The average Bonchev–Trinajstić information content (AvgIpc) is 2.68. The number of rotatable bonds is 3. The molecule has 1 aromatic rings. The molecular formula is C14H18ClN3O2. The van der Waals surface area contributed by atoms with Crippen LogP contribution in [0.4, 0.5) is 0 Å². The summed E-state index contributed by atoms with van der Waals surface area (Å²) in [5, 5.41) is 2.92. The molecule has 0 spiro atoms. The number of nitrogens with two attached hydrogens (primary N) is 1. The monoisotopic (exact) mass is 295 g/mol. The van der Waals surface area contributed by atoms with Crippen LogP contribution in [0.15, 0.2) is 24.3 Å². The fourth-order valence-electron chi connectivity index (χ4n) is 2.27. The predicted molar refractivity (Wildman–Crippen MR) is 77.5 cm³/mol. The van der Waals surface area contributed by atoms with Gasteiger partial charge < -0.3 is 5.73 Å². The van der Waals surface area contributed by atoms with E-state index < -0.39 is 5.91 Å². The molecule has 3 N–H and O–H groups in total. The Balaban J connectivity index is 1.85. The smallest absolute Gasteiger partial charge is 0.257 e. The molecule has 2 rings (SSSR count). The summed E-state index contributed by atoms with van der Waals surface area (Å²) < 4.78 is 0. The summed E-state index contributed by atoms with van der Waals surface area (Å²) in [5.41, 5.74) is 6.31. The van der Waals surface area contributed by atoms with Gasteiger partial charge in [-0.1, -0.05) is 18.5 Å². The summed E-state index contributed by atoms with van der Waals surface area (Å²) in [6, 6.07) is 6.48. The van der Waals surface area contributed by atoms with Gasteiger partial charge in [0, 0.05) is 29.7 Å². The Morgan fingerprint density at radius 2 is 2.00 bits per heavy atom. The van der Waals surface area contributed by atoms with Crippen molar-refractivity contribution in [2.75, 3.05) is 19.6 Å². The second-order valence-electron chi connectivity index (χ2n) is 5.22. The molecule has 0 aliphatic carbocycles. The van der Waals surface area contributed by atoms with E-state index in [0.29, 0.717) is 23.0 Å². The first kappa shape index (κ1) is 15.0. The van der Waals surface area contributed by atoms with Crippen molar-refractivity contribution in [3.05, 3.63) is 34.9 Å². The van der Waals surface area contributed by atoms with Crippen molar-refractivity contribution in [1.29, 1.82) is 0 Å². The first-order valence-electron chi connectivity index (χ1n) is 6.53. The highest BCUT2D eigenvalue weighted by Crippen LogP contribution is 2.13. The van der Waals surface area contributed by atoms with Crippen LogP contribution in [0.3, 0.4) is 0 Å². The Morgan fingerprint density at radius 1 is 1.35 bits per heavy atom. The molecule has 0 bridgehead atoms. The normalized spacial score (nSPS) is 22.8. The Labute approximate surface area is 123 Å². The molecular weight excluding hydrogens is 278 g/mol. The van der Waals surface area contributed by atoms with Gasteiger partial charge in [-0.15, -0.1) is 0 Å². The molecule has 2 unspecified atom stereocenters. The molecule has 0 radical (unpaired) electrons. The first-order chi connectivity index (χ1) is 9.45. The van der Waals surface area contributed by atoms with Crippen LogP contribution in [0.2, 0.25) is 5.02 Å². The van der Waals surface area contributed by atoms with E-state index in [-0.39, 0.29) is 18.5 Å². The van der Waals surface area contributed by atoms with Gasteiger partial charge in [0.15, 0.2) is 0 Å². The zero-order valence-corrected chi connectivity index (χ0v) is 12.1. The highest BCUT2D eigenvalue weighted by Gasteiger charge is 2.27. The molecule has 0 aromatic heterocycles. The number of nitrogens with one attached hydrogen (secondary N) is 1. The lowest BCUT2D eigenvalue weighted by atomic mass is 10.1. The van der Waals surface area contributed by atoms with Gasteiger partial charge in [-0.05, 0) is 30.2 Å². The number of hydrogen-bond donors (Lipinski definition) is 2. The number of imide groups is 1. The van der Waals surface area contributed by atoms with Crippen molar-refractivity contribution in [2.24, 2.45) is 11.7 Å². The topological polar surface area (TPSA) is 75.4 Å². The summed E-state index contributed by atoms with van der Waals surface area (Å²) in [6.45, 7) is 3.71. The number of nitrogens with zero attached hydrogens (tertiary/aromatic N) is 1. The molecule has 1 aromatic carbocycles. The number of likely N-dealkylation sites (tertiary alicyclic amines) is 1. The number of amides is 2. The van der Waals surface area contributed by atoms with E-state index in [1.807, 2.05) is 4.90 Å². The van der Waals surface area contributed by atoms with E-state index in [4.69, 9.17) is 17.3 Å². The van der Waals surface area contributed by atoms with E-state index in [1.54, 1.807) is 24.3 Å². The number of benzene rings is 1. The molecule has 2 atom stereocenters. The molecule has 1 aliphatic rings. The van der Waals surface area contributed by atoms with Crippen molar-refractivity contribution in [3.8, 4) is 0 Å². The molecule has 0 saturated carbocycles. The minimum atomic E-state index is -0.414. The molecule has 2 amide bonds. The van der Waals surface area contributed by atoms with Crippen LogP contribution in [-0.4, -0.2) is 42.4 Å². The largest absolute Gasteiger partial charge is 0.326 e. The van der Waals surface area contributed by atoms with Gasteiger partial charge in [0.1, 0.15) is 0 Å². The molecule has 1 aliphatic heterocycles. The lowest BCUT2D eigenvalue weighted by Gasteiger charge is -2.14. The molecule has 6 heteroatoms. The number of halogens is 1. The fraction of sp³-hybridized carbons (Fsp3) is 0.429. The maximum absolute atomic E-state index is 11.9. The SMILES string of the molecule is CC1CN(CC(=O)NC(=O)c2ccc(Cl)cc2)CC1N. The summed E-state index contributed by atoms with van der Waals surface area (Å²) in [5.74, 6) is -0.357. The van der Waals surface area contributed by atoms with Gasteiger partial charge in [-0.2, -0.15) is 0 Å². The van der Waals surface area contributed by atoms with E-state index in [9.17, 15) is 9.59 Å². The van der Waals surface area contributed by atoms with E-state index in [0.717, 1.165) is 6.54 Å². The zero-order valence-electron chi connectivity index (χ0n) is 11.3. The van der Waals surface area contributed by atoms with Gasteiger partial charge in [-0.3, -0.25) is 19.8 Å². The van der Waals surface area contributed by atoms with E-state index in [2.05, 4.69) is 12.2 Å². The lowest BCUT2D eigenvalue weighted by Crippen LogP contribution is -2.40. The van der Waals surface area contributed by atoms with E-state index >= 15 is 0 Å². The molecule has 108 valence electrons. The maximum Gasteiger partial charge on any atom is 0.257 e. The van der Waals surface area contributed by atoms with E-state index in [1.165, 1.54) is 0 Å². The molecule has 1 fully saturated rings. The summed E-state index contributed by atoms with van der Waals surface area (Å²) in [7, 11) is 0. The summed E-state index contributed by atoms with van der Waals surface area (Å²) in [6.07, 6.45) is 0. The highest BCUT2D eigenvalue weighted by molar-refractivity contribution is 6.30. The van der Waals surface area contributed by atoms with Crippen LogP contribution in [0, 0.1) is 5.92 Å². The van der Waals surface area contributed by atoms with Crippen molar-refractivity contribution in [1.82, 2.24) is 10.2 Å². The predicted octanol–water partition coefficient (Wildman–Crippen LogP) is 0.875. The van der Waals surface area contributed by atoms with Crippen LogP contribution in [0.25, 0.3) is 0 Å². The summed E-state index contributed by atoms with van der Waals surface area (Å²) in [4.78, 5) is 25.6. The second kappa shape index (κ2) is 6.35. The van der Waals surface area contributed by atoms with Crippen LogP contribution in [0.1, 0.15) is 17.3 Å². The third kappa shape index (κ3) is 3.79. The quantitative estimate of drug-likeness (QED) is 0.868. The van der Waals surface area contributed by atoms with Gasteiger partial charge in [0.05, 0.1) is 6.54 Å². The minimum absolute atomic E-state index is 0.0924. The average molecular weight is 296 g/mol. The van der Waals surface area contributed by atoms with Crippen molar-refractivity contribution in [2.45, 2.75) is 13.0 Å². The third-order valence-corrected chi connectivity index (χ3v) is 3.72. The van der Waals surface area contributed by atoms with Gasteiger partial charge in [0.25, 0.3) is 5.91 Å². The zero-order chi connectivity index (χ0) is 14.7. The summed E-state index contributed by atoms with van der Waals surface area (Å²) >= 11 is 5.75. The maximum atomic E-state index is 11.9. The Kier molecular flexibility index (Phi) is 4.75. The van der Waals surface area contributed by atoms with Gasteiger partial charge in [0.2, 0.25) is 5.91 Å². The minimum Gasteiger partial charge on any atom is -0.326 e. The molecule has 5 nitrogen and oxygen atoms in total. The van der Waals surface area contributed by atoms with Crippen molar-refractivity contribution < 1.29 is 9.59 Å². The Bertz CT molecular complexity index is 494. The van der Waals surface area contributed by atoms with Crippen LogP contribution < -0.4 is 11.1 Å². The fourth-order valence-corrected chi connectivity index (χ4v) is 2.39. The number of carbonyl (C=O) groups is 2. The first-order valence-corrected chi connectivity index (χ1v) is 6.91. The van der Waals surface area contributed by atoms with Crippen molar-refractivity contribution >= 4 is 23.4 Å². The number of carbonyl (C=O) groups excluding carboxylic acids is 2. The standard InChI is InChI=1S/C14H18ClN3O2/c1-9-6-18(7-12(9)16)8-13(19)17-14(20)10-2-4-11(15)5-3-10/h2-5,9,12H,6-8,16H2,1H3,(H,17,19,20). The Hall–Kier alpha value is -1.43. The van der Waals surface area contributed by atoms with Crippen LogP contribution >= 0.6 is 11.6 Å².